The number of phenols is 1. The number of phenolic OH excluding ortho intramolecular Hbond substituents is 1. The number of amides is 1. The van der Waals surface area contributed by atoms with Gasteiger partial charge in [-0.3, -0.25) is 4.79 Å². The minimum absolute atomic E-state index is 0.126. The molecule has 3 aromatic carbocycles. The van der Waals surface area contributed by atoms with Gasteiger partial charge in [0.1, 0.15) is 11.5 Å². The van der Waals surface area contributed by atoms with Crippen LogP contribution < -0.4 is 15.8 Å². The second kappa shape index (κ2) is 9.23. The number of fused-ring (bicyclic) bond motifs is 1. The zero-order chi connectivity index (χ0) is 21.8. The van der Waals surface area contributed by atoms with Crippen LogP contribution >= 0.6 is 0 Å². The first-order valence-electron chi connectivity index (χ1n) is 10.6. The zero-order valence-electron chi connectivity index (χ0n) is 17.7. The van der Waals surface area contributed by atoms with Crippen molar-refractivity contribution in [3.63, 3.8) is 0 Å². The predicted molar refractivity (Wildman–Crippen MR) is 121 cm³/mol. The highest BCUT2D eigenvalue weighted by atomic mass is 16.5. The van der Waals surface area contributed by atoms with Crippen molar-refractivity contribution in [1.29, 1.82) is 0 Å². The molecule has 3 aromatic rings. The van der Waals surface area contributed by atoms with Crippen LogP contribution in [0.2, 0.25) is 0 Å². The number of rotatable bonds is 6. The summed E-state index contributed by atoms with van der Waals surface area (Å²) in [5.74, 6) is 0.847. The number of carbonyl (C=O) groups is 1. The molecule has 0 fully saturated rings. The van der Waals surface area contributed by atoms with Gasteiger partial charge < -0.3 is 20.9 Å². The molecule has 0 aromatic heterocycles. The van der Waals surface area contributed by atoms with Crippen molar-refractivity contribution in [1.82, 2.24) is 5.32 Å². The highest BCUT2D eigenvalue weighted by molar-refractivity contribution is 5.82. The Kier molecular flexibility index (Phi) is 6.23. The molecule has 0 saturated heterocycles. The molecule has 0 aliphatic carbocycles. The highest BCUT2D eigenvalue weighted by Gasteiger charge is 2.26. The summed E-state index contributed by atoms with van der Waals surface area (Å²) in [6, 6.07) is 20.8. The van der Waals surface area contributed by atoms with E-state index in [1.165, 1.54) is 11.1 Å². The molecule has 0 spiro atoms. The van der Waals surface area contributed by atoms with Crippen LogP contribution in [0.5, 0.6) is 11.5 Å². The standard InChI is InChI=1S/C26H28N2O3/c1-17-13-21(29)9-8-20(17)16-23(27)26(30)28-24-11-12-31-25-10-7-19(15-22(24)25)14-18-5-3-2-4-6-18/h2-10,13,15,23-24,29H,11-12,14,16,27H2,1H3,(H,28,30)/t23-,24+/m0/s1. The maximum atomic E-state index is 12.9. The summed E-state index contributed by atoms with van der Waals surface area (Å²) in [4.78, 5) is 12.9. The Labute approximate surface area is 182 Å². The third-order valence-electron chi connectivity index (χ3n) is 5.78. The maximum absolute atomic E-state index is 12.9. The second-order valence-corrected chi connectivity index (χ2v) is 8.15. The van der Waals surface area contributed by atoms with Gasteiger partial charge in [-0.15, -0.1) is 0 Å². The van der Waals surface area contributed by atoms with Crippen LogP contribution in [0.3, 0.4) is 0 Å². The fraction of sp³-hybridized carbons (Fsp3) is 0.269. The van der Waals surface area contributed by atoms with E-state index in [-0.39, 0.29) is 17.7 Å². The number of hydrogen-bond acceptors (Lipinski definition) is 4. The first-order valence-corrected chi connectivity index (χ1v) is 10.6. The molecule has 4 N–H and O–H groups in total. The quantitative estimate of drug-likeness (QED) is 0.571. The van der Waals surface area contributed by atoms with E-state index in [4.69, 9.17) is 10.5 Å². The zero-order valence-corrected chi connectivity index (χ0v) is 17.7. The molecule has 0 unspecified atom stereocenters. The number of nitrogens with one attached hydrogen (secondary N) is 1. The number of aryl methyl sites for hydroxylation is 1. The SMILES string of the molecule is Cc1cc(O)ccc1C[C@H](N)C(=O)N[C@@H]1CCOc2ccc(Cc3ccccc3)cc21. The Morgan fingerprint density at radius 3 is 2.71 bits per heavy atom. The fourth-order valence-corrected chi connectivity index (χ4v) is 4.05. The van der Waals surface area contributed by atoms with Gasteiger partial charge in [-0.25, -0.2) is 0 Å². The van der Waals surface area contributed by atoms with Crippen molar-refractivity contribution in [3.05, 3.63) is 94.5 Å². The smallest absolute Gasteiger partial charge is 0.237 e. The van der Waals surface area contributed by atoms with Gasteiger partial charge in [0.05, 0.1) is 18.7 Å². The topological polar surface area (TPSA) is 84.6 Å². The van der Waals surface area contributed by atoms with Gasteiger partial charge in [0.25, 0.3) is 0 Å². The first-order chi connectivity index (χ1) is 15.0. The van der Waals surface area contributed by atoms with Gasteiger partial charge in [-0.05, 0) is 66.3 Å². The van der Waals surface area contributed by atoms with Crippen molar-refractivity contribution in [2.45, 2.75) is 38.3 Å². The lowest BCUT2D eigenvalue weighted by Crippen LogP contribution is -2.44. The minimum atomic E-state index is -0.665. The summed E-state index contributed by atoms with van der Waals surface area (Å²) in [5.41, 5.74) is 11.5. The highest BCUT2D eigenvalue weighted by Crippen LogP contribution is 2.33. The lowest BCUT2D eigenvalue weighted by atomic mass is 9.95. The van der Waals surface area contributed by atoms with E-state index in [9.17, 15) is 9.90 Å². The predicted octanol–water partition coefficient (Wildman–Crippen LogP) is 3.80. The van der Waals surface area contributed by atoms with E-state index in [0.717, 1.165) is 28.9 Å². The maximum Gasteiger partial charge on any atom is 0.237 e. The van der Waals surface area contributed by atoms with Gasteiger partial charge in [0, 0.05) is 12.0 Å². The van der Waals surface area contributed by atoms with Crippen molar-refractivity contribution in [2.24, 2.45) is 5.73 Å². The third-order valence-corrected chi connectivity index (χ3v) is 5.78. The molecule has 0 saturated carbocycles. The molecule has 1 aliphatic heterocycles. The number of ether oxygens (including phenoxy) is 1. The van der Waals surface area contributed by atoms with E-state index in [0.29, 0.717) is 19.4 Å². The van der Waals surface area contributed by atoms with Gasteiger partial charge in [-0.1, -0.05) is 42.5 Å². The van der Waals surface area contributed by atoms with Crippen molar-refractivity contribution in [2.75, 3.05) is 6.61 Å². The fourth-order valence-electron chi connectivity index (χ4n) is 4.05. The average Bonchev–Trinajstić information content (AvgIpc) is 2.76. The number of nitrogens with two attached hydrogens (primary N) is 1. The Balaban J connectivity index is 1.46. The summed E-state index contributed by atoms with van der Waals surface area (Å²) in [7, 11) is 0. The summed E-state index contributed by atoms with van der Waals surface area (Å²) >= 11 is 0. The Morgan fingerprint density at radius 2 is 1.94 bits per heavy atom. The van der Waals surface area contributed by atoms with E-state index >= 15 is 0 Å². The Morgan fingerprint density at radius 1 is 1.13 bits per heavy atom. The molecule has 160 valence electrons. The number of hydrogen-bond donors (Lipinski definition) is 3. The molecule has 2 atom stereocenters. The van der Waals surface area contributed by atoms with Crippen LogP contribution in [0.4, 0.5) is 0 Å². The van der Waals surface area contributed by atoms with E-state index in [2.05, 4.69) is 29.6 Å². The monoisotopic (exact) mass is 416 g/mol. The second-order valence-electron chi connectivity index (χ2n) is 8.15. The average molecular weight is 417 g/mol. The van der Waals surface area contributed by atoms with Crippen molar-refractivity contribution < 1.29 is 14.6 Å². The largest absolute Gasteiger partial charge is 0.508 e. The Bertz CT molecular complexity index is 1070. The lowest BCUT2D eigenvalue weighted by Gasteiger charge is -2.28. The van der Waals surface area contributed by atoms with E-state index < -0.39 is 6.04 Å². The molecule has 1 aliphatic rings. The molecule has 5 nitrogen and oxygen atoms in total. The first kappa shape index (κ1) is 20.9. The number of benzene rings is 3. The van der Waals surface area contributed by atoms with Crippen molar-refractivity contribution in [3.8, 4) is 11.5 Å². The summed E-state index contributed by atoms with van der Waals surface area (Å²) in [6.45, 7) is 2.46. The van der Waals surface area contributed by atoms with Crippen LogP contribution in [0.1, 0.15) is 40.3 Å². The summed E-state index contributed by atoms with van der Waals surface area (Å²) < 4.78 is 5.82. The number of carbonyl (C=O) groups excluding carboxylic acids is 1. The molecule has 4 rings (SSSR count). The van der Waals surface area contributed by atoms with Crippen LogP contribution in [-0.2, 0) is 17.6 Å². The lowest BCUT2D eigenvalue weighted by molar-refractivity contribution is -0.123. The van der Waals surface area contributed by atoms with Gasteiger partial charge in [0.15, 0.2) is 0 Å². The molecule has 0 bridgehead atoms. The summed E-state index contributed by atoms with van der Waals surface area (Å²) in [5, 5.41) is 12.7. The molecule has 1 amide bonds. The van der Waals surface area contributed by atoms with Crippen LogP contribution in [0.15, 0.2) is 66.7 Å². The van der Waals surface area contributed by atoms with E-state index in [1.807, 2.05) is 37.3 Å². The molecular weight excluding hydrogens is 388 g/mol. The van der Waals surface area contributed by atoms with Gasteiger partial charge in [-0.2, -0.15) is 0 Å². The van der Waals surface area contributed by atoms with Gasteiger partial charge in [0.2, 0.25) is 5.91 Å². The minimum Gasteiger partial charge on any atom is -0.508 e. The Hall–Kier alpha value is -3.31. The molecular formula is C26H28N2O3. The third kappa shape index (κ3) is 5.06. The van der Waals surface area contributed by atoms with Crippen LogP contribution in [0, 0.1) is 6.92 Å². The van der Waals surface area contributed by atoms with Gasteiger partial charge >= 0.3 is 0 Å². The van der Waals surface area contributed by atoms with Crippen LogP contribution in [0.25, 0.3) is 0 Å². The summed E-state index contributed by atoms with van der Waals surface area (Å²) in [6.07, 6.45) is 1.95. The normalized spacial score (nSPS) is 16.1. The molecule has 0 radical (unpaired) electrons. The number of aromatic hydroxyl groups is 1. The molecule has 31 heavy (non-hydrogen) atoms. The van der Waals surface area contributed by atoms with Crippen molar-refractivity contribution >= 4 is 5.91 Å². The molecule has 5 heteroatoms. The van der Waals surface area contributed by atoms with E-state index in [1.54, 1.807) is 12.1 Å². The molecule has 1 heterocycles. The van der Waals surface area contributed by atoms with Crippen LogP contribution in [-0.4, -0.2) is 23.7 Å².